The molecule has 0 saturated heterocycles. The fraction of sp³-hybridized carbons (Fsp3) is 0.364. The number of ether oxygens (including phenoxy) is 2. The number of rotatable bonds is 4. The van der Waals surface area contributed by atoms with E-state index in [4.69, 9.17) is 21.1 Å². The first-order valence-corrected chi connectivity index (χ1v) is 9.63. The highest BCUT2D eigenvalue weighted by Gasteiger charge is 2.30. The molecule has 0 radical (unpaired) electrons. The zero-order valence-electron chi connectivity index (χ0n) is 16.5. The molecule has 28 heavy (non-hydrogen) atoms. The number of benzene rings is 2. The van der Waals surface area contributed by atoms with Gasteiger partial charge < -0.3 is 14.8 Å². The Balaban J connectivity index is 1.62. The molecule has 1 amide bonds. The number of esters is 1. The van der Waals surface area contributed by atoms with Crippen molar-refractivity contribution in [2.24, 2.45) is 5.92 Å². The second kappa shape index (κ2) is 8.23. The quantitative estimate of drug-likeness (QED) is 0.772. The molecule has 6 heteroatoms. The van der Waals surface area contributed by atoms with Gasteiger partial charge in [-0.05, 0) is 69.0 Å². The lowest BCUT2D eigenvalue weighted by Crippen LogP contribution is -2.36. The Labute approximate surface area is 170 Å². The highest BCUT2D eigenvalue weighted by atomic mass is 35.5. The zero-order valence-corrected chi connectivity index (χ0v) is 17.2. The number of aryl methyl sites for hydroxylation is 3. The summed E-state index contributed by atoms with van der Waals surface area (Å²) in [6, 6.07) is 9.33. The number of carbonyl (C=O) groups is 2. The van der Waals surface area contributed by atoms with E-state index in [0.717, 1.165) is 33.7 Å². The molecule has 2 atom stereocenters. The van der Waals surface area contributed by atoms with E-state index >= 15 is 0 Å². The van der Waals surface area contributed by atoms with Gasteiger partial charge in [0.25, 0.3) is 5.91 Å². The van der Waals surface area contributed by atoms with Gasteiger partial charge in [0.05, 0.1) is 5.92 Å². The monoisotopic (exact) mass is 401 g/mol. The van der Waals surface area contributed by atoms with Crippen LogP contribution in [0.1, 0.15) is 29.2 Å². The van der Waals surface area contributed by atoms with Crippen LogP contribution in [0.15, 0.2) is 30.3 Å². The summed E-state index contributed by atoms with van der Waals surface area (Å²) in [6.07, 6.45) is -0.437. The average molecular weight is 402 g/mol. The van der Waals surface area contributed by atoms with Gasteiger partial charge >= 0.3 is 5.97 Å². The van der Waals surface area contributed by atoms with Crippen molar-refractivity contribution in [3.05, 3.63) is 57.6 Å². The molecule has 0 aromatic heterocycles. The molecule has 1 heterocycles. The highest BCUT2D eigenvalue weighted by molar-refractivity contribution is 6.30. The van der Waals surface area contributed by atoms with E-state index < -0.39 is 18.0 Å². The van der Waals surface area contributed by atoms with E-state index in [1.165, 1.54) is 0 Å². The molecule has 0 fully saturated rings. The molecule has 2 aromatic rings. The first-order chi connectivity index (χ1) is 13.2. The number of nitrogens with one attached hydrogen (secondary N) is 1. The SMILES string of the molecule is Cc1cc(C)c(NC(=O)[C@@H](C)OC(=O)[C@H]2COc3ccc(Cl)cc3C2)c(C)c1. The third kappa shape index (κ3) is 4.47. The van der Waals surface area contributed by atoms with Gasteiger partial charge in [0.15, 0.2) is 6.10 Å². The summed E-state index contributed by atoms with van der Waals surface area (Å²) in [4.78, 5) is 25.0. The Kier molecular flexibility index (Phi) is 5.94. The third-order valence-electron chi connectivity index (χ3n) is 4.85. The Morgan fingerprint density at radius 1 is 1.18 bits per heavy atom. The number of anilines is 1. The number of carbonyl (C=O) groups excluding carboxylic acids is 2. The van der Waals surface area contributed by atoms with Gasteiger partial charge in [-0.2, -0.15) is 0 Å². The van der Waals surface area contributed by atoms with Crippen LogP contribution in [-0.4, -0.2) is 24.6 Å². The van der Waals surface area contributed by atoms with Gasteiger partial charge in [0.1, 0.15) is 12.4 Å². The first-order valence-electron chi connectivity index (χ1n) is 9.25. The Hall–Kier alpha value is -2.53. The summed E-state index contributed by atoms with van der Waals surface area (Å²) in [5.74, 6) is -0.553. The highest BCUT2D eigenvalue weighted by Crippen LogP contribution is 2.30. The molecule has 2 aromatic carbocycles. The first kappa shape index (κ1) is 20.2. The number of hydrogen-bond acceptors (Lipinski definition) is 4. The van der Waals surface area contributed by atoms with E-state index in [9.17, 15) is 9.59 Å². The largest absolute Gasteiger partial charge is 0.492 e. The maximum atomic E-state index is 12.5. The van der Waals surface area contributed by atoms with E-state index in [2.05, 4.69) is 5.32 Å². The predicted molar refractivity (Wildman–Crippen MR) is 109 cm³/mol. The second-order valence-corrected chi connectivity index (χ2v) is 7.74. The van der Waals surface area contributed by atoms with E-state index in [1.54, 1.807) is 25.1 Å². The minimum Gasteiger partial charge on any atom is -0.492 e. The molecule has 3 rings (SSSR count). The number of hydrogen-bond donors (Lipinski definition) is 1. The van der Waals surface area contributed by atoms with Crippen LogP contribution in [0.4, 0.5) is 5.69 Å². The minimum atomic E-state index is -0.909. The van der Waals surface area contributed by atoms with Crippen LogP contribution >= 0.6 is 11.6 Å². The van der Waals surface area contributed by atoms with Crippen LogP contribution < -0.4 is 10.1 Å². The molecule has 0 unspecified atom stereocenters. The molecule has 1 N–H and O–H groups in total. The van der Waals surface area contributed by atoms with Crippen LogP contribution in [0.5, 0.6) is 5.75 Å². The van der Waals surface area contributed by atoms with Crippen LogP contribution in [0, 0.1) is 26.7 Å². The lowest BCUT2D eigenvalue weighted by atomic mass is 9.97. The molecule has 148 valence electrons. The van der Waals surface area contributed by atoms with Crippen molar-refractivity contribution < 1.29 is 19.1 Å². The molecule has 1 aliphatic heterocycles. The zero-order chi connectivity index (χ0) is 20.4. The van der Waals surface area contributed by atoms with Crippen LogP contribution in [0.2, 0.25) is 5.02 Å². The van der Waals surface area contributed by atoms with Crippen molar-refractivity contribution in [2.45, 2.75) is 40.2 Å². The minimum absolute atomic E-state index is 0.220. The lowest BCUT2D eigenvalue weighted by molar-refractivity contribution is -0.158. The van der Waals surface area contributed by atoms with Gasteiger partial charge in [-0.25, -0.2) is 0 Å². The summed E-state index contributed by atoms with van der Waals surface area (Å²) in [6.45, 7) is 7.68. The fourth-order valence-corrected chi connectivity index (χ4v) is 3.64. The van der Waals surface area contributed by atoms with Gasteiger partial charge in [0.2, 0.25) is 0 Å². The topological polar surface area (TPSA) is 64.6 Å². The molecular weight excluding hydrogens is 378 g/mol. The molecule has 0 bridgehead atoms. The normalized spacial score (nSPS) is 16.5. The van der Waals surface area contributed by atoms with Gasteiger partial charge in [-0.1, -0.05) is 29.3 Å². The van der Waals surface area contributed by atoms with Crippen molar-refractivity contribution in [1.82, 2.24) is 0 Å². The number of fused-ring (bicyclic) bond motifs is 1. The summed E-state index contributed by atoms with van der Waals surface area (Å²) in [7, 11) is 0. The van der Waals surface area contributed by atoms with E-state index in [-0.39, 0.29) is 12.5 Å². The van der Waals surface area contributed by atoms with Crippen molar-refractivity contribution in [1.29, 1.82) is 0 Å². The van der Waals surface area contributed by atoms with Gasteiger partial charge in [-0.15, -0.1) is 0 Å². The van der Waals surface area contributed by atoms with Crippen molar-refractivity contribution in [3.8, 4) is 5.75 Å². The molecule has 0 spiro atoms. The Bertz CT molecular complexity index is 902. The molecule has 0 aliphatic carbocycles. The Morgan fingerprint density at radius 3 is 2.54 bits per heavy atom. The van der Waals surface area contributed by atoms with Gasteiger partial charge in [-0.3, -0.25) is 9.59 Å². The molecule has 1 aliphatic rings. The molecular formula is C22H24ClNO4. The molecule has 0 saturated carbocycles. The maximum absolute atomic E-state index is 12.5. The van der Waals surface area contributed by atoms with Crippen LogP contribution in [0.3, 0.4) is 0 Å². The maximum Gasteiger partial charge on any atom is 0.313 e. The van der Waals surface area contributed by atoms with E-state index in [0.29, 0.717) is 11.4 Å². The van der Waals surface area contributed by atoms with Crippen molar-refractivity contribution >= 4 is 29.2 Å². The second-order valence-electron chi connectivity index (χ2n) is 7.31. The standard InChI is InChI=1S/C22H24ClNO4/c1-12-7-13(2)20(14(3)8-12)24-21(25)15(4)28-22(26)17-9-16-10-18(23)5-6-19(16)27-11-17/h5-8,10,15,17H,9,11H2,1-4H3,(H,24,25)/t15-,17-/m1/s1. The third-order valence-corrected chi connectivity index (χ3v) is 5.08. The van der Waals surface area contributed by atoms with E-state index in [1.807, 2.05) is 32.9 Å². The predicted octanol–water partition coefficient (Wildman–Crippen LogP) is 4.39. The summed E-state index contributed by atoms with van der Waals surface area (Å²) >= 11 is 6.02. The van der Waals surface area contributed by atoms with Crippen molar-refractivity contribution in [2.75, 3.05) is 11.9 Å². The van der Waals surface area contributed by atoms with Crippen LogP contribution in [0.25, 0.3) is 0 Å². The Morgan fingerprint density at radius 2 is 1.86 bits per heavy atom. The smallest absolute Gasteiger partial charge is 0.313 e. The van der Waals surface area contributed by atoms with Gasteiger partial charge in [0, 0.05) is 10.7 Å². The number of amides is 1. The average Bonchev–Trinajstić information content (AvgIpc) is 2.63. The fourth-order valence-electron chi connectivity index (χ4n) is 3.44. The number of halogens is 1. The summed E-state index contributed by atoms with van der Waals surface area (Å²) < 4.78 is 11.0. The van der Waals surface area contributed by atoms with Crippen LogP contribution in [-0.2, 0) is 20.7 Å². The van der Waals surface area contributed by atoms with Crippen molar-refractivity contribution in [3.63, 3.8) is 0 Å². The lowest BCUT2D eigenvalue weighted by Gasteiger charge is -2.25. The summed E-state index contributed by atoms with van der Waals surface area (Å²) in [5, 5.41) is 3.46. The summed E-state index contributed by atoms with van der Waals surface area (Å²) in [5.41, 5.74) is 4.69. The molecule has 5 nitrogen and oxygen atoms in total.